The number of hydrogen-bond donors (Lipinski definition) is 2. The van der Waals surface area contributed by atoms with Gasteiger partial charge < -0.3 is 19.9 Å². The maximum absolute atomic E-state index is 12.5. The molecule has 0 radical (unpaired) electrons. The minimum Gasteiger partial charge on any atom is -0.497 e. The molecule has 0 aliphatic rings. The highest BCUT2D eigenvalue weighted by Gasteiger charge is 2.20. The number of carbonyl (C=O) groups is 2. The SMILES string of the molecule is CCn1c(SCC(=O)Nc2cccc(Cl)c2Cl)nnc1C(C)NC(=O)Cc1ccc(OC)cc1. The van der Waals surface area contributed by atoms with Crippen LogP contribution in [0.1, 0.15) is 31.3 Å². The minimum atomic E-state index is -0.355. The van der Waals surface area contributed by atoms with Gasteiger partial charge in [0.05, 0.1) is 41.1 Å². The zero-order valence-electron chi connectivity index (χ0n) is 19.0. The number of benzene rings is 2. The predicted molar refractivity (Wildman–Crippen MR) is 135 cm³/mol. The molecule has 1 unspecified atom stereocenters. The molecule has 2 aromatic carbocycles. The Morgan fingerprint density at radius 1 is 1.12 bits per heavy atom. The van der Waals surface area contributed by atoms with Gasteiger partial charge in [0, 0.05) is 6.54 Å². The van der Waals surface area contributed by atoms with E-state index in [9.17, 15) is 9.59 Å². The summed E-state index contributed by atoms with van der Waals surface area (Å²) >= 11 is 13.4. The number of halogens is 2. The van der Waals surface area contributed by atoms with Gasteiger partial charge in [0.15, 0.2) is 11.0 Å². The van der Waals surface area contributed by atoms with Crippen LogP contribution in [0.15, 0.2) is 47.6 Å². The average molecular weight is 522 g/mol. The summed E-state index contributed by atoms with van der Waals surface area (Å²) in [6.07, 6.45) is 0.239. The van der Waals surface area contributed by atoms with Gasteiger partial charge in [0.25, 0.3) is 0 Å². The third-order valence-corrected chi connectivity index (χ3v) is 6.69. The highest BCUT2D eigenvalue weighted by atomic mass is 35.5. The van der Waals surface area contributed by atoms with Crippen LogP contribution in [0.25, 0.3) is 0 Å². The summed E-state index contributed by atoms with van der Waals surface area (Å²) in [5, 5.41) is 15.4. The monoisotopic (exact) mass is 521 g/mol. The van der Waals surface area contributed by atoms with Gasteiger partial charge in [-0.05, 0) is 43.7 Å². The number of nitrogens with zero attached hydrogens (tertiary/aromatic N) is 3. The molecular weight excluding hydrogens is 497 g/mol. The molecule has 8 nitrogen and oxygen atoms in total. The number of carbonyl (C=O) groups excluding carboxylic acids is 2. The fourth-order valence-corrected chi connectivity index (χ4v) is 4.38. The highest BCUT2D eigenvalue weighted by molar-refractivity contribution is 7.99. The average Bonchev–Trinajstić information content (AvgIpc) is 3.24. The summed E-state index contributed by atoms with van der Waals surface area (Å²) in [5.41, 5.74) is 1.33. The molecule has 0 saturated carbocycles. The number of aromatic nitrogens is 3. The lowest BCUT2D eigenvalue weighted by Gasteiger charge is -2.15. The largest absolute Gasteiger partial charge is 0.497 e. The quantitative estimate of drug-likeness (QED) is 0.373. The molecule has 3 aromatic rings. The second kappa shape index (κ2) is 12.1. The molecule has 3 rings (SSSR count). The first-order valence-electron chi connectivity index (χ1n) is 10.5. The highest BCUT2D eigenvalue weighted by Crippen LogP contribution is 2.30. The minimum absolute atomic E-state index is 0.110. The number of methoxy groups -OCH3 is 1. The predicted octanol–water partition coefficient (Wildman–Crippen LogP) is 4.76. The first-order chi connectivity index (χ1) is 16.3. The molecular formula is C23H25Cl2N5O3S. The fourth-order valence-electron chi connectivity index (χ4n) is 3.23. The Balaban J connectivity index is 1.58. The Morgan fingerprint density at radius 3 is 2.53 bits per heavy atom. The summed E-state index contributed by atoms with van der Waals surface area (Å²) in [6.45, 7) is 4.39. The molecule has 0 aliphatic carbocycles. The van der Waals surface area contributed by atoms with E-state index in [0.29, 0.717) is 33.3 Å². The Hall–Kier alpha value is -2.75. The summed E-state index contributed by atoms with van der Waals surface area (Å²) in [6, 6.07) is 12.0. The van der Waals surface area contributed by atoms with E-state index >= 15 is 0 Å². The summed E-state index contributed by atoms with van der Waals surface area (Å²) in [4.78, 5) is 24.9. The number of thioether (sulfide) groups is 1. The molecule has 1 heterocycles. The first kappa shape index (κ1) is 25.9. The van der Waals surface area contributed by atoms with Crippen LogP contribution in [0.2, 0.25) is 10.0 Å². The summed E-state index contributed by atoms with van der Waals surface area (Å²) < 4.78 is 7.02. The van der Waals surface area contributed by atoms with Crippen molar-refractivity contribution in [2.24, 2.45) is 0 Å². The summed E-state index contributed by atoms with van der Waals surface area (Å²) in [7, 11) is 1.60. The normalized spacial score (nSPS) is 11.7. The first-order valence-corrected chi connectivity index (χ1v) is 12.3. The molecule has 1 atom stereocenters. The molecule has 0 saturated heterocycles. The van der Waals surface area contributed by atoms with Gasteiger partial charge in [-0.25, -0.2) is 0 Å². The lowest BCUT2D eigenvalue weighted by atomic mass is 10.1. The van der Waals surface area contributed by atoms with Crippen LogP contribution >= 0.6 is 35.0 Å². The molecule has 0 aliphatic heterocycles. The van der Waals surface area contributed by atoms with E-state index in [2.05, 4.69) is 20.8 Å². The summed E-state index contributed by atoms with van der Waals surface area (Å²) in [5.74, 6) is 1.09. The molecule has 2 amide bonds. The number of rotatable bonds is 10. The molecule has 0 fully saturated rings. The molecule has 11 heteroatoms. The van der Waals surface area contributed by atoms with Crippen LogP contribution < -0.4 is 15.4 Å². The van der Waals surface area contributed by atoms with Crippen LogP contribution in [0, 0.1) is 0 Å². The number of amides is 2. The van der Waals surface area contributed by atoms with E-state index in [4.69, 9.17) is 27.9 Å². The van der Waals surface area contributed by atoms with Crippen LogP contribution in [0.3, 0.4) is 0 Å². The molecule has 180 valence electrons. The van der Waals surface area contributed by atoms with E-state index in [1.807, 2.05) is 42.7 Å². The van der Waals surface area contributed by atoms with Crippen molar-refractivity contribution in [3.8, 4) is 5.75 Å². The van der Waals surface area contributed by atoms with Crippen LogP contribution in [-0.2, 0) is 22.6 Å². The molecule has 34 heavy (non-hydrogen) atoms. The molecule has 0 bridgehead atoms. The third kappa shape index (κ3) is 6.65. The van der Waals surface area contributed by atoms with Gasteiger partial charge in [-0.1, -0.05) is 53.2 Å². The number of nitrogens with one attached hydrogen (secondary N) is 2. The number of ether oxygens (including phenoxy) is 1. The van der Waals surface area contributed by atoms with Crippen molar-refractivity contribution < 1.29 is 14.3 Å². The van der Waals surface area contributed by atoms with Crippen molar-refractivity contribution in [2.75, 3.05) is 18.2 Å². The van der Waals surface area contributed by atoms with Gasteiger partial charge in [0.2, 0.25) is 11.8 Å². The lowest BCUT2D eigenvalue weighted by Crippen LogP contribution is -2.30. The molecule has 1 aromatic heterocycles. The van der Waals surface area contributed by atoms with Crippen molar-refractivity contribution in [3.63, 3.8) is 0 Å². The van der Waals surface area contributed by atoms with Crippen molar-refractivity contribution in [1.82, 2.24) is 20.1 Å². The van der Waals surface area contributed by atoms with E-state index in [1.54, 1.807) is 25.3 Å². The van der Waals surface area contributed by atoms with Crippen LogP contribution in [0.5, 0.6) is 5.75 Å². The maximum Gasteiger partial charge on any atom is 0.234 e. The van der Waals surface area contributed by atoms with Gasteiger partial charge in [-0.3, -0.25) is 9.59 Å². The van der Waals surface area contributed by atoms with Gasteiger partial charge >= 0.3 is 0 Å². The van der Waals surface area contributed by atoms with Crippen molar-refractivity contribution in [2.45, 2.75) is 38.0 Å². The Bertz CT molecular complexity index is 1150. The smallest absolute Gasteiger partial charge is 0.234 e. The topological polar surface area (TPSA) is 98.1 Å². The van der Waals surface area contributed by atoms with Gasteiger partial charge in [-0.15, -0.1) is 10.2 Å². The number of anilines is 1. The zero-order chi connectivity index (χ0) is 24.7. The van der Waals surface area contributed by atoms with E-state index in [0.717, 1.165) is 11.3 Å². The lowest BCUT2D eigenvalue weighted by molar-refractivity contribution is -0.121. The van der Waals surface area contributed by atoms with Crippen LogP contribution in [-0.4, -0.2) is 39.4 Å². The van der Waals surface area contributed by atoms with Gasteiger partial charge in [-0.2, -0.15) is 0 Å². The number of hydrogen-bond acceptors (Lipinski definition) is 6. The van der Waals surface area contributed by atoms with Crippen molar-refractivity contribution in [3.05, 3.63) is 63.9 Å². The van der Waals surface area contributed by atoms with Crippen molar-refractivity contribution in [1.29, 1.82) is 0 Å². The Kier molecular flexibility index (Phi) is 9.20. The third-order valence-electron chi connectivity index (χ3n) is 4.91. The standard InChI is InChI=1S/C23H25Cl2N5O3S/c1-4-30-22(14(2)26-19(31)12-15-8-10-16(33-3)11-9-15)28-29-23(30)34-13-20(32)27-18-7-5-6-17(24)21(18)25/h5-11,14H,4,12-13H2,1-3H3,(H,26,31)(H,27,32). The zero-order valence-corrected chi connectivity index (χ0v) is 21.3. The van der Waals surface area contributed by atoms with Crippen molar-refractivity contribution >= 4 is 52.5 Å². The molecule has 2 N–H and O–H groups in total. The molecule has 0 spiro atoms. The van der Waals surface area contributed by atoms with E-state index in [1.165, 1.54) is 11.8 Å². The Morgan fingerprint density at radius 2 is 1.85 bits per heavy atom. The van der Waals surface area contributed by atoms with E-state index in [-0.39, 0.29) is 30.0 Å². The van der Waals surface area contributed by atoms with Crippen LogP contribution in [0.4, 0.5) is 5.69 Å². The Labute approximate surface area is 212 Å². The maximum atomic E-state index is 12.5. The van der Waals surface area contributed by atoms with Gasteiger partial charge in [0.1, 0.15) is 5.75 Å². The van der Waals surface area contributed by atoms with E-state index < -0.39 is 0 Å². The second-order valence-electron chi connectivity index (χ2n) is 7.34. The second-order valence-corrected chi connectivity index (χ2v) is 9.06. The fraction of sp³-hybridized carbons (Fsp3) is 0.304.